The van der Waals surface area contributed by atoms with E-state index in [1.807, 2.05) is 38.1 Å². The monoisotopic (exact) mass is 390 g/mol. The minimum Gasteiger partial charge on any atom is -0.452 e. The van der Waals surface area contributed by atoms with E-state index in [-0.39, 0.29) is 12.5 Å². The van der Waals surface area contributed by atoms with E-state index >= 15 is 0 Å². The van der Waals surface area contributed by atoms with Crippen LogP contribution in [-0.2, 0) is 9.53 Å². The van der Waals surface area contributed by atoms with E-state index in [1.54, 1.807) is 6.07 Å². The predicted molar refractivity (Wildman–Crippen MR) is 95.2 cm³/mol. The van der Waals surface area contributed by atoms with Crippen molar-refractivity contribution in [3.8, 4) is 0 Å². The second kappa shape index (κ2) is 6.81. The SMILES string of the molecule is Cc1cc(C(=O)OCC(=O)Nc2ccccc2Br)c(C)n1C1CC1. The highest BCUT2D eigenvalue weighted by atomic mass is 79.9. The average Bonchev–Trinajstić information content (AvgIpc) is 3.33. The van der Waals surface area contributed by atoms with Crippen molar-refractivity contribution in [2.45, 2.75) is 32.7 Å². The maximum Gasteiger partial charge on any atom is 0.340 e. The van der Waals surface area contributed by atoms with Crippen LogP contribution < -0.4 is 5.32 Å². The first kappa shape index (κ1) is 16.8. The number of para-hydroxylation sites is 1. The Morgan fingerprint density at radius 2 is 2.00 bits per heavy atom. The van der Waals surface area contributed by atoms with Crippen molar-refractivity contribution in [3.63, 3.8) is 0 Å². The predicted octanol–water partition coefficient (Wildman–Crippen LogP) is 4.00. The van der Waals surface area contributed by atoms with Gasteiger partial charge in [-0.2, -0.15) is 0 Å². The lowest BCUT2D eigenvalue weighted by atomic mass is 10.2. The van der Waals surface area contributed by atoms with Gasteiger partial charge in [-0.05, 0) is 60.8 Å². The summed E-state index contributed by atoms with van der Waals surface area (Å²) in [4.78, 5) is 24.2. The molecule has 6 heteroatoms. The first-order chi connectivity index (χ1) is 11.5. The number of esters is 1. The van der Waals surface area contributed by atoms with Crippen molar-refractivity contribution in [2.24, 2.45) is 0 Å². The number of nitrogens with zero attached hydrogens (tertiary/aromatic N) is 1. The van der Waals surface area contributed by atoms with Gasteiger partial charge in [-0.3, -0.25) is 4.79 Å². The zero-order chi connectivity index (χ0) is 17.3. The number of hydrogen-bond donors (Lipinski definition) is 1. The number of aromatic nitrogens is 1. The summed E-state index contributed by atoms with van der Waals surface area (Å²) in [7, 11) is 0. The molecule has 24 heavy (non-hydrogen) atoms. The van der Waals surface area contributed by atoms with Crippen molar-refractivity contribution in [2.75, 3.05) is 11.9 Å². The Bertz CT molecular complexity index is 794. The van der Waals surface area contributed by atoms with Gasteiger partial charge in [0, 0.05) is 21.9 Å². The van der Waals surface area contributed by atoms with Crippen molar-refractivity contribution in [1.29, 1.82) is 0 Å². The van der Waals surface area contributed by atoms with Gasteiger partial charge >= 0.3 is 5.97 Å². The number of amides is 1. The molecule has 1 N–H and O–H groups in total. The van der Waals surface area contributed by atoms with Crippen LogP contribution in [0.1, 0.15) is 40.6 Å². The highest BCUT2D eigenvalue weighted by Crippen LogP contribution is 2.38. The van der Waals surface area contributed by atoms with Gasteiger partial charge in [-0.15, -0.1) is 0 Å². The average molecular weight is 391 g/mol. The summed E-state index contributed by atoms with van der Waals surface area (Å²) in [6.45, 7) is 3.60. The normalized spacial score (nSPS) is 13.6. The first-order valence-corrected chi connectivity index (χ1v) is 8.66. The zero-order valence-corrected chi connectivity index (χ0v) is 15.2. The number of aryl methyl sites for hydroxylation is 1. The molecule has 1 aromatic carbocycles. The molecule has 0 radical (unpaired) electrons. The number of rotatable bonds is 5. The fraction of sp³-hybridized carbons (Fsp3) is 0.333. The largest absolute Gasteiger partial charge is 0.452 e. The van der Waals surface area contributed by atoms with Gasteiger partial charge < -0.3 is 14.6 Å². The highest BCUT2D eigenvalue weighted by Gasteiger charge is 2.28. The van der Waals surface area contributed by atoms with Crippen LogP contribution in [0.5, 0.6) is 0 Å². The second-order valence-corrected chi connectivity index (χ2v) is 6.84. The van der Waals surface area contributed by atoms with Crippen molar-refractivity contribution < 1.29 is 14.3 Å². The van der Waals surface area contributed by atoms with E-state index in [2.05, 4.69) is 25.8 Å². The Balaban J connectivity index is 1.60. The first-order valence-electron chi connectivity index (χ1n) is 7.87. The van der Waals surface area contributed by atoms with Crippen LogP contribution in [0.4, 0.5) is 5.69 Å². The number of carbonyl (C=O) groups excluding carboxylic acids is 2. The molecule has 0 bridgehead atoms. The van der Waals surface area contributed by atoms with E-state index in [9.17, 15) is 9.59 Å². The summed E-state index contributed by atoms with van der Waals surface area (Å²) in [5.74, 6) is -0.830. The molecule has 1 aromatic heterocycles. The van der Waals surface area contributed by atoms with Crippen molar-refractivity contribution >= 4 is 33.5 Å². The molecule has 0 spiro atoms. The third-order valence-electron chi connectivity index (χ3n) is 4.10. The Labute approximate surface area is 149 Å². The van der Waals surface area contributed by atoms with Gasteiger partial charge in [0.1, 0.15) is 0 Å². The van der Waals surface area contributed by atoms with Gasteiger partial charge in [0.2, 0.25) is 0 Å². The van der Waals surface area contributed by atoms with E-state index in [4.69, 9.17) is 4.74 Å². The number of ether oxygens (including phenoxy) is 1. The summed E-state index contributed by atoms with van der Waals surface area (Å²) < 4.78 is 8.13. The standard InChI is InChI=1S/C18H19BrN2O3/c1-11-9-14(12(2)21(11)13-7-8-13)18(23)24-10-17(22)20-16-6-4-3-5-15(16)19/h3-6,9,13H,7-8,10H2,1-2H3,(H,20,22). The number of halogens is 1. The lowest BCUT2D eigenvalue weighted by Crippen LogP contribution is -2.21. The third-order valence-corrected chi connectivity index (χ3v) is 4.79. The maximum absolute atomic E-state index is 12.3. The molecule has 1 aliphatic carbocycles. The van der Waals surface area contributed by atoms with Crippen LogP contribution in [0.2, 0.25) is 0 Å². The van der Waals surface area contributed by atoms with Crippen LogP contribution >= 0.6 is 15.9 Å². The number of benzene rings is 1. The highest BCUT2D eigenvalue weighted by molar-refractivity contribution is 9.10. The van der Waals surface area contributed by atoms with Crippen LogP contribution in [-0.4, -0.2) is 23.1 Å². The molecule has 5 nitrogen and oxygen atoms in total. The summed E-state index contributed by atoms with van der Waals surface area (Å²) in [5.41, 5.74) is 3.14. The van der Waals surface area contributed by atoms with Gasteiger partial charge in [0.15, 0.2) is 6.61 Å². The topological polar surface area (TPSA) is 60.3 Å². The van der Waals surface area contributed by atoms with Gasteiger partial charge in [0.25, 0.3) is 5.91 Å². The number of hydrogen-bond acceptors (Lipinski definition) is 3. The quantitative estimate of drug-likeness (QED) is 0.784. The molecule has 1 amide bonds. The van der Waals surface area contributed by atoms with E-state index in [1.165, 1.54) is 0 Å². The minimum absolute atomic E-state index is 0.312. The fourth-order valence-electron chi connectivity index (χ4n) is 2.84. The maximum atomic E-state index is 12.3. The molecule has 1 fully saturated rings. The molecule has 0 saturated heterocycles. The zero-order valence-electron chi connectivity index (χ0n) is 13.6. The third kappa shape index (κ3) is 3.53. The second-order valence-electron chi connectivity index (χ2n) is 5.99. The molecule has 1 aliphatic rings. The number of nitrogens with one attached hydrogen (secondary N) is 1. The summed E-state index contributed by atoms with van der Waals surface area (Å²) >= 11 is 3.36. The molecule has 1 saturated carbocycles. The molecule has 0 unspecified atom stereocenters. The van der Waals surface area contributed by atoms with E-state index in [0.717, 1.165) is 28.7 Å². The Hall–Kier alpha value is -2.08. The fourth-order valence-corrected chi connectivity index (χ4v) is 3.22. The van der Waals surface area contributed by atoms with Gasteiger partial charge in [-0.25, -0.2) is 4.79 Å². The van der Waals surface area contributed by atoms with Crippen LogP contribution in [0.15, 0.2) is 34.8 Å². The van der Waals surface area contributed by atoms with Crippen LogP contribution in [0.3, 0.4) is 0 Å². The smallest absolute Gasteiger partial charge is 0.340 e. The molecular weight excluding hydrogens is 372 g/mol. The van der Waals surface area contributed by atoms with Crippen molar-refractivity contribution in [1.82, 2.24) is 4.57 Å². The number of carbonyl (C=O) groups is 2. The molecule has 3 rings (SSSR count). The molecule has 0 atom stereocenters. The van der Waals surface area contributed by atoms with E-state index < -0.39 is 5.97 Å². The van der Waals surface area contributed by atoms with E-state index in [0.29, 0.717) is 17.3 Å². The molecule has 2 aromatic rings. The van der Waals surface area contributed by atoms with Gasteiger partial charge in [0.05, 0.1) is 11.3 Å². The Kier molecular flexibility index (Phi) is 4.76. The molecule has 1 heterocycles. The minimum atomic E-state index is -0.461. The number of anilines is 1. The molecule has 126 valence electrons. The van der Waals surface area contributed by atoms with Crippen molar-refractivity contribution in [3.05, 3.63) is 51.8 Å². The summed E-state index contributed by atoms with van der Waals surface area (Å²) in [5, 5.41) is 2.71. The lowest BCUT2D eigenvalue weighted by molar-refractivity contribution is -0.119. The van der Waals surface area contributed by atoms with Crippen LogP contribution in [0, 0.1) is 13.8 Å². The van der Waals surface area contributed by atoms with Crippen LogP contribution in [0.25, 0.3) is 0 Å². The molecule has 0 aliphatic heterocycles. The van der Waals surface area contributed by atoms with Gasteiger partial charge in [-0.1, -0.05) is 12.1 Å². The Morgan fingerprint density at radius 3 is 2.67 bits per heavy atom. The lowest BCUT2D eigenvalue weighted by Gasteiger charge is -2.09. The molecular formula is C18H19BrN2O3. The Morgan fingerprint density at radius 1 is 1.29 bits per heavy atom. The summed E-state index contributed by atoms with van der Waals surface area (Å²) in [6, 6.07) is 9.61. The summed E-state index contributed by atoms with van der Waals surface area (Å²) in [6.07, 6.45) is 2.30.